The Bertz CT molecular complexity index is 1320. The van der Waals surface area contributed by atoms with Crippen LogP contribution in [-0.4, -0.2) is 37.4 Å². The Kier molecular flexibility index (Phi) is 18.0. The first-order chi connectivity index (χ1) is 20.8. The summed E-state index contributed by atoms with van der Waals surface area (Å²) >= 11 is 1.58. The summed E-state index contributed by atoms with van der Waals surface area (Å²) in [5.41, 5.74) is 1.74. The fraction of sp³-hybridized carbons (Fsp3) is 0.229. The maximum absolute atomic E-state index is 12.7. The second-order valence-corrected chi connectivity index (χ2v) is 9.52. The minimum Gasteiger partial charge on any atom is -0.496 e. The molecule has 0 saturated carbocycles. The number of aryl methyl sites for hydroxylation is 1. The second kappa shape index (κ2) is 21.2. The highest BCUT2D eigenvalue weighted by molar-refractivity contribution is 7.99. The molecule has 3 aromatic rings. The highest BCUT2D eigenvalue weighted by atomic mass is 32.2. The molecule has 0 aliphatic rings. The van der Waals surface area contributed by atoms with Crippen LogP contribution in [0, 0.1) is 6.92 Å². The van der Waals surface area contributed by atoms with Crippen LogP contribution in [0.25, 0.3) is 0 Å². The van der Waals surface area contributed by atoms with Crippen LogP contribution in [-0.2, 0) is 9.53 Å². The van der Waals surface area contributed by atoms with Gasteiger partial charge in [-0.05, 0) is 80.1 Å². The second-order valence-electron chi connectivity index (χ2n) is 8.38. The zero-order valence-electron chi connectivity index (χ0n) is 25.3. The number of methoxy groups -OCH3 is 1. The van der Waals surface area contributed by atoms with Crippen LogP contribution >= 0.6 is 11.8 Å². The summed E-state index contributed by atoms with van der Waals surface area (Å²) in [6, 6.07) is 18.4. The third kappa shape index (κ3) is 13.8. The number of carbonyl (C=O) groups excluding carboxylic acids is 3. The minimum atomic E-state index is -0.547. The third-order valence-electron chi connectivity index (χ3n) is 5.31. The summed E-state index contributed by atoms with van der Waals surface area (Å²) in [4.78, 5) is 37.0. The van der Waals surface area contributed by atoms with Crippen LogP contribution in [0.4, 0.5) is 0 Å². The van der Waals surface area contributed by atoms with Gasteiger partial charge in [0.15, 0.2) is 0 Å². The lowest BCUT2D eigenvalue weighted by atomic mass is 10.2. The molecule has 0 spiro atoms. The minimum absolute atomic E-state index is 0.298. The van der Waals surface area contributed by atoms with E-state index in [4.69, 9.17) is 18.9 Å². The first-order valence-corrected chi connectivity index (χ1v) is 14.7. The largest absolute Gasteiger partial charge is 0.496 e. The highest BCUT2D eigenvalue weighted by Crippen LogP contribution is 2.31. The molecule has 0 bridgehead atoms. The quantitative estimate of drug-likeness (QED) is 0.0480. The standard InChI is InChI=1S/C29H28O7S.C4H6.C2H6/c1-4-27(30)34-17-5-6-18-37-26-16-11-22(19-25(26)33-3)29(32)36-24-14-9-21(10-15-24)28(31)35-23-12-7-20(2)8-13-23;1-3-4-2;1-2/h4,7-16,19H,1,5-6,17-18H2,2-3H3;3-4H,1-2H2;1-2H3. The Morgan fingerprint density at radius 1 is 0.767 bits per heavy atom. The molecule has 0 fully saturated rings. The topological polar surface area (TPSA) is 88.1 Å². The van der Waals surface area contributed by atoms with Crippen molar-refractivity contribution in [1.29, 1.82) is 0 Å². The van der Waals surface area contributed by atoms with Gasteiger partial charge in [0.2, 0.25) is 0 Å². The number of allylic oxidation sites excluding steroid dienone is 2. The van der Waals surface area contributed by atoms with Crippen molar-refractivity contribution in [2.75, 3.05) is 19.5 Å². The van der Waals surface area contributed by atoms with E-state index in [1.54, 1.807) is 48.2 Å². The van der Waals surface area contributed by atoms with Crippen LogP contribution in [0.15, 0.2) is 110 Å². The predicted octanol–water partition coefficient (Wildman–Crippen LogP) is 8.43. The van der Waals surface area contributed by atoms with Crippen molar-refractivity contribution < 1.29 is 33.3 Å². The number of benzene rings is 3. The molecule has 0 N–H and O–H groups in total. The van der Waals surface area contributed by atoms with E-state index in [-0.39, 0.29) is 0 Å². The first-order valence-electron chi connectivity index (χ1n) is 13.8. The Balaban J connectivity index is 0.00000142. The van der Waals surface area contributed by atoms with Crippen LogP contribution in [0.5, 0.6) is 17.2 Å². The fourth-order valence-electron chi connectivity index (χ4n) is 3.13. The zero-order valence-corrected chi connectivity index (χ0v) is 26.1. The van der Waals surface area contributed by atoms with E-state index in [9.17, 15) is 14.4 Å². The van der Waals surface area contributed by atoms with Crippen molar-refractivity contribution in [2.45, 2.75) is 38.5 Å². The Morgan fingerprint density at radius 2 is 1.30 bits per heavy atom. The summed E-state index contributed by atoms with van der Waals surface area (Å²) in [5, 5.41) is 0. The summed E-state index contributed by atoms with van der Waals surface area (Å²) in [6.45, 7) is 16.4. The molecule has 228 valence electrons. The molecule has 0 aromatic heterocycles. The molecule has 8 heteroatoms. The van der Waals surface area contributed by atoms with Crippen LogP contribution in [0.1, 0.15) is 53.0 Å². The molecular weight excluding hydrogens is 564 g/mol. The zero-order chi connectivity index (χ0) is 32.0. The third-order valence-corrected chi connectivity index (χ3v) is 6.45. The van der Waals surface area contributed by atoms with Crippen molar-refractivity contribution in [3.05, 3.63) is 121 Å². The van der Waals surface area contributed by atoms with Gasteiger partial charge in [0, 0.05) is 11.0 Å². The normalized spacial score (nSPS) is 9.49. The number of hydrogen-bond acceptors (Lipinski definition) is 8. The lowest BCUT2D eigenvalue weighted by molar-refractivity contribution is -0.137. The molecule has 0 saturated heterocycles. The molecule has 3 aromatic carbocycles. The summed E-state index contributed by atoms with van der Waals surface area (Å²) < 4.78 is 21.2. The van der Waals surface area contributed by atoms with Gasteiger partial charge in [0.25, 0.3) is 0 Å². The van der Waals surface area contributed by atoms with Gasteiger partial charge in [-0.2, -0.15) is 0 Å². The predicted molar refractivity (Wildman–Crippen MR) is 173 cm³/mol. The van der Waals surface area contributed by atoms with Gasteiger partial charge >= 0.3 is 17.9 Å². The van der Waals surface area contributed by atoms with Gasteiger partial charge in [-0.1, -0.05) is 63.4 Å². The number of carbonyl (C=O) groups is 3. The molecule has 3 rings (SSSR count). The number of ether oxygens (including phenoxy) is 4. The van der Waals surface area contributed by atoms with E-state index in [0.29, 0.717) is 35.0 Å². The average molecular weight is 605 g/mol. The monoisotopic (exact) mass is 604 g/mol. The van der Waals surface area contributed by atoms with Gasteiger partial charge in [-0.3, -0.25) is 0 Å². The van der Waals surface area contributed by atoms with E-state index >= 15 is 0 Å². The molecule has 0 heterocycles. The average Bonchev–Trinajstić information content (AvgIpc) is 3.04. The van der Waals surface area contributed by atoms with Crippen LogP contribution in [0.2, 0.25) is 0 Å². The fourth-order valence-corrected chi connectivity index (χ4v) is 4.15. The SMILES string of the molecule is C=CC(=O)OCCCCSc1ccc(C(=O)Oc2ccc(C(=O)Oc3ccc(C)cc3)cc2)cc1OC.C=CC=C.CC. The van der Waals surface area contributed by atoms with Gasteiger partial charge < -0.3 is 18.9 Å². The molecule has 0 radical (unpaired) electrons. The number of hydrogen-bond donors (Lipinski definition) is 0. The summed E-state index contributed by atoms with van der Waals surface area (Å²) in [5.74, 6) is 0.637. The number of thioether (sulfide) groups is 1. The molecular formula is C35H40O7S. The van der Waals surface area contributed by atoms with E-state index in [1.807, 2.05) is 39.0 Å². The molecule has 0 amide bonds. The summed E-state index contributed by atoms with van der Waals surface area (Å²) in [7, 11) is 1.54. The summed E-state index contributed by atoms with van der Waals surface area (Å²) in [6.07, 6.45) is 6.00. The van der Waals surface area contributed by atoms with Gasteiger partial charge in [-0.25, -0.2) is 14.4 Å². The smallest absolute Gasteiger partial charge is 0.343 e. The lowest BCUT2D eigenvalue weighted by Gasteiger charge is -2.11. The van der Waals surface area contributed by atoms with E-state index in [0.717, 1.165) is 35.1 Å². The Morgan fingerprint density at radius 3 is 1.84 bits per heavy atom. The molecule has 0 atom stereocenters. The van der Waals surface area contributed by atoms with E-state index in [1.165, 1.54) is 31.4 Å². The first kappa shape index (κ1) is 36.5. The highest BCUT2D eigenvalue weighted by Gasteiger charge is 2.14. The molecule has 0 aliphatic carbocycles. The van der Waals surface area contributed by atoms with Gasteiger partial charge in [0.05, 0.1) is 24.8 Å². The number of esters is 3. The van der Waals surface area contributed by atoms with E-state index < -0.39 is 17.9 Å². The van der Waals surface area contributed by atoms with Crippen molar-refractivity contribution in [1.82, 2.24) is 0 Å². The molecule has 0 unspecified atom stereocenters. The van der Waals surface area contributed by atoms with Gasteiger partial charge in [-0.15, -0.1) is 11.8 Å². The molecule has 43 heavy (non-hydrogen) atoms. The van der Waals surface area contributed by atoms with Crippen molar-refractivity contribution >= 4 is 29.7 Å². The Labute approximate surface area is 259 Å². The van der Waals surface area contributed by atoms with Crippen molar-refractivity contribution in [2.24, 2.45) is 0 Å². The Hall–Kier alpha value is -4.56. The van der Waals surface area contributed by atoms with E-state index in [2.05, 4.69) is 19.7 Å². The van der Waals surface area contributed by atoms with Crippen LogP contribution in [0.3, 0.4) is 0 Å². The van der Waals surface area contributed by atoms with Crippen LogP contribution < -0.4 is 14.2 Å². The number of unbranched alkanes of at least 4 members (excludes halogenated alkanes) is 1. The van der Waals surface area contributed by atoms with Gasteiger partial charge in [0.1, 0.15) is 17.2 Å². The maximum atomic E-state index is 12.7. The number of rotatable bonds is 13. The van der Waals surface area contributed by atoms with Crippen molar-refractivity contribution in [3.8, 4) is 17.2 Å². The molecule has 7 nitrogen and oxygen atoms in total. The van der Waals surface area contributed by atoms with Crippen molar-refractivity contribution in [3.63, 3.8) is 0 Å². The maximum Gasteiger partial charge on any atom is 0.343 e. The molecule has 0 aliphatic heterocycles. The lowest BCUT2D eigenvalue weighted by Crippen LogP contribution is -2.10.